The lowest BCUT2D eigenvalue weighted by Gasteiger charge is -1.96. The Labute approximate surface area is 56.8 Å². The fourth-order valence-electron chi connectivity index (χ4n) is 0.339. The third kappa shape index (κ3) is 3.59. The average Bonchev–Trinajstić information content (AvgIpc) is 1.82. The van der Waals surface area contributed by atoms with E-state index >= 15 is 0 Å². The van der Waals surface area contributed by atoms with Crippen molar-refractivity contribution in [2.45, 2.75) is 12.8 Å². The van der Waals surface area contributed by atoms with Crippen LogP contribution in [0.5, 0.6) is 0 Å². The quantitative estimate of drug-likeness (QED) is 0.443. The average molecular weight is 144 g/mol. The zero-order chi connectivity index (χ0) is 8.15. The van der Waals surface area contributed by atoms with Crippen molar-refractivity contribution in [1.29, 1.82) is 0 Å². The molecule has 0 aromatic carbocycles. The van der Waals surface area contributed by atoms with Gasteiger partial charge in [-0.1, -0.05) is 0 Å². The van der Waals surface area contributed by atoms with Gasteiger partial charge in [-0.15, -0.1) is 0 Å². The number of hydrogen-bond donors (Lipinski definition) is 1. The molecule has 5 nitrogen and oxygen atoms in total. The molecule has 0 aliphatic rings. The van der Waals surface area contributed by atoms with Gasteiger partial charge in [-0.05, 0) is 0 Å². The molecule has 10 heavy (non-hydrogen) atoms. The standard InChI is InChI=1S/C5H7NO4/c6-4(8)2-1-3(7)5(9)10/h1-2H2,(H2,6,8)(H,9,10)/p-1. The van der Waals surface area contributed by atoms with Gasteiger partial charge >= 0.3 is 0 Å². The van der Waals surface area contributed by atoms with Crippen molar-refractivity contribution >= 4 is 17.7 Å². The highest BCUT2D eigenvalue weighted by Crippen LogP contribution is 1.87. The van der Waals surface area contributed by atoms with Gasteiger partial charge in [0.2, 0.25) is 5.91 Å². The van der Waals surface area contributed by atoms with Gasteiger partial charge in [0.15, 0.2) is 5.78 Å². The van der Waals surface area contributed by atoms with Crippen molar-refractivity contribution < 1.29 is 19.5 Å². The molecule has 2 N–H and O–H groups in total. The van der Waals surface area contributed by atoms with Crippen LogP contribution in [-0.4, -0.2) is 17.7 Å². The molecule has 0 spiro atoms. The second-order valence-electron chi connectivity index (χ2n) is 1.68. The summed E-state index contributed by atoms with van der Waals surface area (Å²) in [5, 5.41) is 9.70. The molecule has 56 valence electrons. The van der Waals surface area contributed by atoms with E-state index in [4.69, 9.17) is 0 Å². The third-order valence-electron chi connectivity index (χ3n) is 0.826. The molecule has 0 unspecified atom stereocenters. The summed E-state index contributed by atoms with van der Waals surface area (Å²) in [6.07, 6.45) is -0.621. The summed E-state index contributed by atoms with van der Waals surface area (Å²) in [4.78, 5) is 29.9. The van der Waals surface area contributed by atoms with Crippen molar-refractivity contribution in [3.8, 4) is 0 Å². The lowest BCUT2D eigenvalue weighted by molar-refractivity contribution is -0.300. The number of rotatable bonds is 4. The summed E-state index contributed by atoms with van der Waals surface area (Å²) < 4.78 is 0. The lowest BCUT2D eigenvalue weighted by atomic mass is 10.2. The van der Waals surface area contributed by atoms with Crippen LogP contribution in [0.25, 0.3) is 0 Å². The Bertz CT molecular complexity index is 174. The minimum absolute atomic E-state index is 0.243. The van der Waals surface area contributed by atoms with Crippen LogP contribution in [0.2, 0.25) is 0 Å². The van der Waals surface area contributed by atoms with Crippen LogP contribution in [0.15, 0.2) is 0 Å². The maximum absolute atomic E-state index is 10.2. The van der Waals surface area contributed by atoms with Gasteiger partial charge in [0.1, 0.15) is 5.97 Å². The third-order valence-corrected chi connectivity index (χ3v) is 0.826. The summed E-state index contributed by atoms with van der Waals surface area (Å²) in [5.74, 6) is -3.57. The van der Waals surface area contributed by atoms with Crippen molar-refractivity contribution in [2.75, 3.05) is 0 Å². The Morgan fingerprint density at radius 1 is 1.20 bits per heavy atom. The first-order valence-corrected chi connectivity index (χ1v) is 2.56. The van der Waals surface area contributed by atoms with Gasteiger partial charge in [0, 0.05) is 12.8 Å². The second-order valence-corrected chi connectivity index (χ2v) is 1.68. The molecule has 5 heteroatoms. The predicted molar refractivity (Wildman–Crippen MR) is 28.4 cm³/mol. The Hall–Kier alpha value is -1.39. The lowest BCUT2D eigenvalue weighted by Crippen LogP contribution is -2.32. The summed E-state index contributed by atoms with van der Waals surface area (Å²) in [5.41, 5.74) is 4.64. The van der Waals surface area contributed by atoms with Gasteiger partial charge in [0.05, 0.1) is 0 Å². The highest BCUT2D eigenvalue weighted by Gasteiger charge is 2.03. The van der Waals surface area contributed by atoms with E-state index in [0.29, 0.717) is 0 Å². The van der Waals surface area contributed by atoms with Gasteiger partial charge in [-0.25, -0.2) is 0 Å². The molecule has 0 aliphatic carbocycles. The van der Waals surface area contributed by atoms with Crippen LogP contribution >= 0.6 is 0 Å². The summed E-state index contributed by atoms with van der Waals surface area (Å²) in [6.45, 7) is 0. The number of Topliss-reactive ketones (excluding diaryl/α,β-unsaturated/α-hetero) is 1. The van der Waals surface area contributed by atoms with E-state index in [1.54, 1.807) is 0 Å². The van der Waals surface area contributed by atoms with Crippen molar-refractivity contribution in [3.63, 3.8) is 0 Å². The molecular formula is C5H6NO4-. The first-order valence-electron chi connectivity index (χ1n) is 2.56. The first kappa shape index (κ1) is 8.61. The molecule has 0 saturated carbocycles. The molecule has 0 fully saturated rings. The van der Waals surface area contributed by atoms with Crippen LogP contribution in [0.3, 0.4) is 0 Å². The van der Waals surface area contributed by atoms with Crippen LogP contribution in [-0.2, 0) is 14.4 Å². The van der Waals surface area contributed by atoms with E-state index in [1.165, 1.54) is 0 Å². The van der Waals surface area contributed by atoms with Crippen LogP contribution in [0.1, 0.15) is 12.8 Å². The SMILES string of the molecule is NC(=O)CCC(=O)C(=O)[O-]. The van der Waals surface area contributed by atoms with E-state index in [1.807, 2.05) is 0 Å². The number of ketones is 1. The minimum atomic E-state index is -1.78. The number of carboxylic acid groups (broad SMARTS) is 1. The Kier molecular flexibility index (Phi) is 3.10. The smallest absolute Gasteiger partial charge is 0.217 e. The molecule has 0 saturated heterocycles. The van der Waals surface area contributed by atoms with Gasteiger partial charge in [-0.3, -0.25) is 9.59 Å². The minimum Gasteiger partial charge on any atom is -0.542 e. The Morgan fingerprint density at radius 2 is 1.70 bits per heavy atom. The van der Waals surface area contributed by atoms with Crippen LogP contribution < -0.4 is 10.8 Å². The number of primary amides is 1. The van der Waals surface area contributed by atoms with E-state index in [-0.39, 0.29) is 12.8 Å². The summed E-state index contributed by atoms with van der Waals surface area (Å²) in [7, 11) is 0. The molecule has 0 rings (SSSR count). The van der Waals surface area contributed by atoms with E-state index in [9.17, 15) is 19.5 Å². The number of aliphatic carboxylic acids is 1. The monoisotopic (exact) mass is 144 g/mol. The molecule has 0 aliphatic heterocycles. The maximum Gasteiger partial charge on any atom is 0.217 e. The predicted octanol–water partition coefficient (Wildman–Crippen LogP) is -2.43. The Morgan fingerprint density at radius 3 is 2.00 bits per heavy atom. The topological polar surface area (TPSA) is 100 Å². The van der Waals surface area contributed by atoms with E-state index in [0.717, 1.165) is 0 Å². The molecule has 0 radical (unpaired) electrons. The fourth-order valence-corrected chi connectivity index (χ4v) is 0.339. The number of nitrogens with two attached hydrogens (primary N) is 1. The van der Waals surface area contributed by atoms with Crippen LogP contribution in [0.4, 0.5) is 0 Å². The fraction of sp³-hybridized carbons (Fsp3) is 0.400. The highest BCUT2D eigenvalue weighted by molar-refractivity contribution is 6.31. The van der Waals surface area contributed by atoms with Crippen molar-refractivity contribution in [2.24, 2.45) is 5.73 Å². The number of carbonyl (C=O) groups is 3. The molecule has 0 atom stereocenters. The van der Waals surface area contributed by atoms with Crippen molar-refractivity contribution in [3.05, 3.63) is 0 Å². The number of carboxylic acids is 1. The van der Waals surface area contributed by atoms with E-state index in [2.05, 4.69) is 5.73 Å². The molecule has 0 heterocycles. The largest absolute Gasteiger partial charge is 0.542 e. The van der Waals surface area contributed by atoms with Gasteiger partial charge in [-0.2, -0.15) is 0 Å². The highest BCUT2D eigenvalue weighted by atomic mass is 16.4. The molecule has 0 aromatic rings. The number of amides is 1. The number of hydrogen-bond acceptors (Lipinski definition) is 4. The van der Waals surface area contributed by atoms with Gasteiger partial charge in [0.25, 0.3) is 0 Å². The zero-order valence-electron chi connectivity index (χ0n) is 5.12. The molecule has 0 aromatic heterocycles. The van der Waals surface area contributed by atoms with E-state index < -0.39 is 17.7 Å². The maximum atomic E-state index is 10.2. The first-order chi connectivity index (χ1) is 4.54. The molecule has 0 bridgehead atoms. The normalized spacial score (nSPS) is 8.80. The molecular weight excluding hydrogens is 138 g/mol. The summed E-state index contributed by atoms with van der Waals surface area (Å²) >= 11 is 0. The van der Waals surface area contributed by atoms with Crippen molar-refractivity contribution in [1.82, 2.24) is 0 Å². The Balaban J connectivity index is 3.60. The second kappa shape index (κ2) is 3.60. The van der Waals surface area contributed by atoms with Crippen LogP contribution in [0, 0.1) is 0 Å². The molecule has 1 amide bonds. The number of carbonyl (C=O) groups excluding carboxylic acids is 3. The van der Waals surface area contributed by atoms with Gasteiger partial charge < -0.3 is 15.6 Å². The summed E-state index contributed by atoms with van der Waals surface area (Å²) in [6, 6.07) is 0. The zero-order valence-corrected chi connectivity index (χ0v) is 5.12.